The number of benzene rings is 2. The average molecular weight is 310 g/mol. The fourth-order valence-electron chi connectivity index (χ4n) is 3.03. The van der Waals surface area contributed by atoms with Crippen LogP contribution in [0.15, 0.2) is 48.5 Å². The summed E-state index contributed by atoms with van der Waals surface area (Å²) in [5.41, 5.74) is 3.77. The first-order chi connectivity index (χ1) is 11.3. The molecule has 3 rings (SSSR count). The van der Waals surface area contributed by atoms with E-state index in [0.29, 0.717) is 6.54 Å². The van der Waals surface area contributed by atoms with Crippen molar-refractivity contribution >= 4 is 6.03 Å². The van der Waals surface area contributed by atoms with Crippen molar-refractivity contribution in [2.24, 2.45) is 0 Å². The summed E-state index contributed by atoms with van der Waals surface area (Å²) in [6.45, 7) is 0.618. The fraction of sp³-hybridized carbons (Fsp3) is 0.316. The zero-order chi connectivity index (χ0) is 16.1. The molecule has 2 aromatic carbocycles. The van der Waals surface area contributed by atoms with E-state index in [4.69, 9.17) is 4.74 Å². The number of hydrogen-bond acceptors (Lipinski definition) is 2. The van der Waals surface area contributed by atoms with E-state index in [9.17, 15) is 4.79 Å². The van der Waals surface area contributed by atoms with Gasteiger partial charge in [0.25, 0.3) is 0 Å². The number of fused-ring (bicyclic) bond motifs is 1. The van der Waals surface area contributed by atoms with Crippen LogP contribution in [0, 0.1) is 0 Å². The van der Waals surface area contributed by atoms with E-state index in [1.165, 1.54) is 16.7 Å². The number of carbonyl (C=O) groups excluding carboxylic acids is 1. The van der Waals surface area contributed by atoms with Crippen molar-refractivity contribution in [2.45, 2.75) is 25.3 Å². The van der Waals surface area contributed by atoms with Gasteiger partial charge < -0.3 is 15.4 Å². The molecule has 0 spiro atoms. The molecule has 0 radical (unpaired) electrons. The third-order valence-corrected chi connectivity index (χ3v) is 4.30. The van der Waals surface area contributed by atoms with Gasteiger partial charge in [0.2, 0.25) is 0 Å². The van der Waals surface area contributed by atoms with Crippen molar-refractivity contribution in [3.05, 3.63) is 65.2 Å². The number of hydrogen-bond donors (Lipinski definition) is 2. The summed E-state index contributed by atoms with van der Waals surface area (Å²) in [4.78, 5) is 12.1. The molecule has 1 aliphatic rings. The Labute approximate surface area is 136 Å². The molecule has 120 valence electrons. The third-order valence-electron chi connectivity index (χ3n) is 4.30. The molecule has 2 amide bonds. The second-order valence-electron chi connectivity index (χ2n) is 5.79. The molecule has 4 nitrogen and oxygen atoms in total. The third kappa shape index (κ3) is 3.83. The van der Waals surface area contributed by atoms with E-state index in [0.717, 1.165) is 25.0 Å². The molecule has 0 bridgehead atoms. The molecule has 4 heteroatoms. The Morgan fingerprint density at radius 2 is 1.96 bits per heavy atom. The Balaban J connectivity index is 1.45. The molecule has 1 aliphatic carbocycles. The average Bonchev–Trinajstić information content (AvgIpc) is 2.99. The number of aryl methyl sites for hydroxylation is 1. The maximum atomic E-state index is 12.1. The number of ether oxygens (including phenoxy) is 1. The molecule has 1 atom stereocenters. The molecular formula is C19H22N2O2. The second-order valence-corrected chi connectivity index (χ2v) is 5.79. The number of urea groups is 1. The van der Waals surface area contributed by atoms with Gasteiger partial charge in [-0.2, -0.15) is 0 Å². The van der Waals surface area contributed by atoms with Gasteiger partial charge in [0.05, 0.1) is 13.2 Å². The van der Waals surface area contributed by atoms with Gasteiger partial charge in [0.15, 0.2) is 0 Å². The van der Waals surface area contributed by atoms with Crippen molar-refractivity contribution in [1.82, 2.24) is 10.6 Å². The Morgan fingerprint density at radius 1 is 1.17 bits per heavy atom. The van der Waals surface area contributed by atoms with E-state index >= 15 is 0 Å². The summed E-state index contributed by atoms with van der Waals surface area (Å²) >= 11 is 0. The quantitative estimate of drug-likeness (QED) is 0.891. The minimum Gasteiger partial charge on any atom is -0.497 e. The molecule has 2 aromatic rings. The summed E-state index contributed by atoms with van der Waals surface area (Å²) in [7, 11) is 1.65. The highest BCUT2D eigenvalue weighted by molar-refractivity contribution is 5.74. The molecule has 2 N–H and O–H groups in total. The first-order valence-electron chi connectivity index (χ1n) is 8.01. The summed E-state index contributed by atoms with van der Waals surface area (Å²) in [5, 5.41) is 6.01. The smallest absolute Gasteiger partial charge is 0.315 e. The highest BCUT2D eigenvalue weighted by Crippen LogP contribution is 2.30. The van der Waals surface area contributed by atoms with E-state index in [-0.39, 0.29) is 12.1 Å². The van der Waals surface area contributed by atoms with Gasteiger partial charge >= 0.3 is 6.03 Å². The number of amides is 2. The Bertz CT molecular complexity index is 667. The topological polar surface area (TPSA) is 50.4 Å². The standard InChI is InChI=1S/C19H22N2O2/c1-23-16-9-6-14(7-10-16)12-13-20-19(22)21-18-11-8-15-4-2-3-5-17(15)18/h2-7,9-10,18H,8,11-13H2,1H3,(H2,20,21,22). The Hall–Kier alpha value is -2.49. The van der Waals surface area contributed by atoms with E-state index in [2.05, 4.69) is 28.8 Å². The maximum absolute atomic E-state index is 12.1. The first kappa shape index (κ1) is 15.4. The van der Waals surface area contributed by atoms with Gasteiger partial charge in [-0.15, -0.1) is 0 Å². The Morgan fingerprint density at radius 3 is 2.74 bits per heavy atom. The van der Waals surface area contributed by atoms with Crippen molar-refractivity contribution in [3.8, 4) is 5.75 Å². The summed E-state index contributed by atoms with van der Waals surface area (Å²) in [6, 6.07) is 16.3. The lowest BCUT2D eigenvalue weighted by Crippen LogP contribution is -2.38. The van der Waals surface area contributed by atoms with Crippen LogP contribution in [0.25, 0.3) is 0 Å². The van der Waals surface area contributed by atoms with Crippen LogP contribution in [0.4, 0.5) is 4.79 Å². The molecular weight excluding hydrogens is 288 g/mol. The fourth-order valence-corrected chi connectivity index (χ4v) is 3.03. The van der Waals surface area contributed by atoms with Crippen LogP contribution >= 0.6 is 0 Å². The monoisotopic (exact) mass is 310 g/mol. The lowest BCUT2D eigenvalue weighted by Gasteiger charge is -2.15. The van der Waals surface area contributed by atoms with E-state index < -0.39 is 0 Å². The van der Waals surface area contributed by atoms with Gasteiger partial charge in [0, 0.05) is 6.54 Å². The van der Waals surface area contributed by atoms with Crippen molar-refractivity contribution in [1.29, 1.82) is 0 Å². The van der Waals surface area contributed by atoms with Gasteiger partial charge in [-0.05, 0) is 48.1 Å². The molecule has 0 fully saturated rings. The summed E-state index contributed by atoms with van der Waals surface area (Å²) < 4.78 is 5.14. The second kappa shape index (κ2) is 7.18. The minimum absolute atomic E-state index is 0.0970. The summed E-state index contributed by atoms with van der Waals surface area (Å²) in [5.74, 6) is 0.847. The lowest BCUT2D eigenvalue weighted by molar-refractivity contribution is 0.237. The predicted octanol–water partition coefficient (Wildman–Crippen LogP) is 3.22. The zero-order valence-electron chi connectivity index (χ0n) is 13.3. The van der Waals surface area contributed by atoms with Gasteiger partial charge in [0.1, 0.15) is 5.75 Å². The molecule has 0 saturated carbocycles. The minimum atomic E-state index is -0.0970. The van der Waals surface area contributed by atoms with Crippen LogP contribution in [-0.2, 0) is 12.8 Å². The van der Waals surface area contributed by atoms with Crippen molar-refractivity contribution in [3.63, 3.8) is 0 Å². The van der Waals surface area contributed by atoms with Crippen molar-refractivity contribution in [2.75, 3.05) is 13.7 Å². The number of carbonyl (C=O) groups is 1. The molecule has 0 aromatic heterocycles. The SMILES string of the molecule is COc1ccc(CCNC(=O)NC2CCc3ccccc32)cc1. The maximum Gasteiger partial charge on any atom is 0.315 e. The highest BCUT2D eigenvalue weighted by Gasteiger charge is 2.22. The van der Waals surface area contributed by atoms with Crippen molar-refractivity contribution < 1.29 is 9.53 Å². The van der Waals surface area contributed by atoms with Gasteiger partial charge in [-0.3, -0.25) is 0 Å². The molecule has 23 heavy (non-hydrogen) atoms. The van der Waals surface area contributed by atoms with Crippen LogP contribution in [0.3, 0.4) is 0 Å². The Kier molecular flexibility index (Phi) is 4.81. The zero-order valence-corrected chi connectivity index (χ0v) is 13.3. The van der Waals surface area contributed by atoms with E-state index in [1.54, 1.807) is 7.11 Å². The molecule has 0 aliphatic heterocycles. The largest absolute Gasteiger partial charge is 0.497 e. The van der Waals surface area contributed by atoms with Crippen LogP contribution in [0.2, 0.25) is 0 Å². The van der Waals surface area contributed by atoms with Crippen LogP contribution < -0.4 is 15.4 Å². The van der Waals surface area contributed by atoms with Crippen LogP contribution in [0.5, 0.6) is 5.75 Å². The lowest BCUT2D eigenvalue weighted by atomic mass is 10.1. The normalized spacial score (nSPS) is 15.8. The van der Waals surface area contributed by atoms with Crippen LogP contribution in [0.1, 0.15) is 29.2 Å². The number of methoxy groups -OCH3 is 1. The van der Waals surface area contributed by atoms with Crippen LogP contribution in [-0.4, -0.2) is 19.7 Å². The molecule has 0 heterocycles. The highest BCUT2D eigenvalue weighted by atomic mass is 16.5. The van der Waals surface area contributed by atoms with Gasteiger partial charge in [-0.25, -0.2) is 4.79 Å². The number of rotatable bonds is 5. The predicted molar refractivity (Wildman–Crippen MR) is 90.7 cm³/mol. The molecule has 1 unspecified atom stereocenters. The number of nitrogens with one attached hydrogen (secondary N) is 2. The van der Waals surface area contributed by atoms with E-state index in [1.807, 2.05) is 30.3 Å². The summed E-state index contributed by atoms with van der Waals surface area (Å²) in [6.07, 6.45) is 2.82. The van der Waals surface area contributed by atoms with Gasteiger partial charge in [-0.1, -0.05) is 36.4 Å². The first-order valence-corrected chi connectivity index (χ1v) is 8.01. The molecule has 0 saturated heterocycles.